The average Bonchev–Trinajstić information content (AvgIpc) is 3.21. The van der Waals surface area contributed by atoms with Gasteiger partial charge in [-0.15, -0.1) is 0 Å². The predicted molar refractivity (Wildman–Crippen MR) is 106 cm³/mol. The molecule has 2 aromatic carbocycles. The molecular formula is C21H19ClN2O4. The topological polar surface area (TPSA) is 94.6 Å². The van der Waals surface area contributed by atoms with E-state index >= 15 is 0 Å². The summed E-state index contributed by atoms with van der Waals surface area (Å²) in [6.07, 6.45) is 1.34. The van der Waals surface area contributed by atoms with Crippen molar-refractivity contribution in [1.82, 2.24) is 4.57 Å². The van der Waals surface area contributed by atoms with Crippen LogP contribution in [0.5, 0.6) is 5.75 Å². The molecule has 28 heavy (non-hydrogen) atoms. The minimum absolute atomic E-state index is 0.386. The molecule has 0 bridgehead atoms. The van der Waals surface area contributed by atoms with Crippen LogP contribution in [0.3, 0.4) is 0 Å². The van der Waals surface area contributed by atoms with E-state index in [9.17, 15) is 9.59 Å². The molecule has 0 radical (unpaired) electrons. The first kappa shape index (κ1) is 18.4. The summed E-state index contributed by atoms with van der Waals surface area (Å²) in [6, 6.07) is 13.1. The van der Waals surface area contributed by atoms with Gasteiger partial charge in [0.25, 0.3) is 0 Å². The van der Waals surface area contributed by atoms with Gasteiger partial charge in [0.05, 0.1) is 11.4 Å². The van der Waals surface area contributed by atoms with Crippen molar-refractivity contribution in [1.29, 1.82) is 0 Å². The maximum absolute atomic E-state index is 12.1. The van der Waals surface area contributed by atoms with Crippen LogP contribution in [0.1, 0.15) is 29.2 Å². The maximum atomic E-state index is 12.1. The van der Waals surface area contributed by atoms with Crippen LogP contribution in [0.2, 0.25) is 5.02 Å². The summed E-state index contributed by atoms with van der Waals surface area (Å²) in [5, 5.41) is 10.4. The van der Waals surface area contributed by atoms with E-state index in [1.165, 1.54) is 0 Å². The Balaban J connectivity index is 1.91. The van der Waals surface area contributed by atoms with E-state index in [-0.39, 0.29) is 5.91 Å². The first-order valence-electron chi connectivity index (χ1n) is 8.98. The highest BCUT2D eigenvalue weighted by Gasteiger charge is 2.34. The predicted octanol–water partition coefficient (Wildman–Crippen LogP) is 3.32. The standard InChI is InChI=1S/C21H19ClN2O4/c22-14-5-2-1-4-12(14)10-24-15-6-3-7-17(28-11-18(25)26)20(15)19-13(21(23)27)8-9-16(19)24/h1-7,13H,8-11H2,(H2,23,27)(H,25,26). The number of carboxylic acid groups (broad SMARTS) is 1. The summed E-state index contributed by atoms with van der Waals surface area (Å²) in [5.74, 6) is -1.42. The second kappa shape index (κ2) is 7.20. The Morgan fingerprint density at radius 1 is 1.21 bits per heavy atom. The molecule has 1 amide bonds. The van der Waals surface area contributed by atoms with E-state index in [4.69, 9.17) is 27.2 Å². The van der Waals surface area contributed by atoms with Crippen molar-refractivity contribution >= 4 is 34.4 Å². The molecule has 6 nitrogen and oxygen atoms in total. The number of primary amides is 1. The van der Waals surface area contributed by atoms with Gasteiger partial charge < -0.3 is 20.1 Å². The lowest BCUT2D eigenvalue weighted by atomic mass is 9.99. The fraction of sp³-hybridized carbons (Fsp3) is 0.238. The highest BCUT2D eigenvalue weighted by Crippen LogP contribution is 2.44. The summed E-state index contributed by atoms with van der Waals surface area (Å²) in [6.45, 7) is 0.0875. The first-order valence-corrected chi connectivity index (χ1v) is 9.36. The van der Waals surface area contributed by atoms with Gasteiger partial charge in [0.15, 0.2) is 6.61 Å². The number of aromatic nitrogens is 1. The highest BCUT2D eigenvalue weighted by molar-refractivity contribution is 6.31. The molecule has 1 unspecified atom stereocenters. The highest BCUT2D eigenvalue weighted by atomic mass is 35.5. The summed E-state index contributed by atoms with van der Waals surface area (Å²) in [4.78, 5) is 23.0. The number of fused-ring (bicyclic) bond motifs is 3. The third-order valence-corrected chi connectivity index (χ3v) is 5.57. The molecule has 3 aromatic rings. The number of benzene rings is 2. The van der Waals surface area contributed by atoms with Crippen LogP contribution in [-0.2, 0) is 22.6 Å². The number of ether oxygens (including phenoxy) is 1. The number of nitrogens with zero attached hydrogens (tertiary/aromatic N) is 1. The Kier molecular flexibility index (Phi) is 4.73. The molecule has 1 aromatic heterocycles. The van der Waals surface area contributed by atoms with Crippen molar-refractivity contribution in [2.24, 2.45) is 5.73 Å². The van der Waals surface area contributed by atoms with Gasteiger partial charge in [-0.3, -0.25) is 4.79 Å². The van der Waals surface area contributed by atoms with E-state index in [0.717, 1.165) is 27.7 Å². The van der Waals surface area contributed by atoms with Gasteiger partial charge in [-0.2, -0.15) is 0 Å². The summed E-state index contributed by atoms with van der Waals surface area (Å²) in [7, 11) is 0. The van der Waals surface area contributed by atoms with Gasteiger partial charge in [-0.05, 0) is 42.2 Å². The number of amides is 1. The third kappa shape index (κ3) is 3.10. The lowest BCUT2D eigenvalue weighted by Crippen LogP contribution is -2.19. The van der Waals surface area contributed by atoms with Crippen molar-refractivity contribution < 1.29 is 19.4 Å². The zero-order valence-corrected chi connectivity index (χ0v) is 15.8. The number of hydrogen-bond donors (Lipinski definition) is 2. The number of carbonyl (C=O) groups excluding carboxylic acids is 1. The summed E-state index contributed by atoms with van der Waals surface area (Å²) >= 11 is 6.36. The molecule has 1 aliphatic rings. The van der Waals surface area contributed by atoms with Crippen LogP contribution in [0.15, 0.2) is 42.5 Å². The lowest BCUT2D eigenvalue weighted by molar-refractivity contribution is -0.139. The fourth-order valence-corrected chi connectivity index (χ4v) is 4.24. The van der Waals surface area contributed by atoms with E-state index in [2.05, 4.69) is 4.57 Å². The normalized spacial score (nSPS) is 15.5. The van der Waals surface area contributed by atoms with Crippen molar-refractivity contribution in [3.8, 4) is 5.75 Å². The second-order valence-electron chi connectivity index (χ2n) is 6.86. The van der Waals surface area contributed by atoms with Crippen molar-refractivity contribution in [3.63, 3.8) is 0 Å². The van der Waals surface area contributed by atoms with E-state index in [1.807, 2.05) is 36.4 Å². The summed E-state index contributed by atoms with van der Waals surface area (Å²) < 4.78 is 7.66. The second-order valence-corrected chi connectivity index (χ2v) is 7.27. The number of halogens is 1. The van der Waals surface area contributed by atoms with Gasteiger partial charge >= 0.3 is 5.97 Å². The third-order valence-electron chi connectivity index (χ3n) is 5.20. The van der Waals surface area contributed by atoms with Gasteiger partial charge in [0.1, 0.15) is 5.75 Å². The number of rotatable bonds is 6. The molecule has 0 aliphatic heterocycles. The Bertz CT molecular complexity index is 1090. The van der Waals surface area contributed by atoms with Crippen LogP contribution in [0.4, 0.5) is 0 Å². The summed E-state index contributed by atoms with van der Waals surface area (Å²) in [5.41, 5.74) is 9.35. The Morgan fingerprint density at radius 2 is 2.00 bits per heavy atom. The van der Waals surface area contributed by atoms with Crippen molar-refractivity contribution in [2.45, 2.75) is 25.3 Å². The minimum atomic E-state index is -1.06. The van der Waals surface area contributed by atoms with Gasteiger partial charge in [-0.1, -0.05) is 35.9 Å². The zero-order valence-electron chi connectivity index (χ0n) is 15.0. The minimum Gasteiger partial charge on any atom is -0.481 e. The molecule has 7 heteroatoms. The SMILES string of the molecule is NC(=O)C1CCc2c1c1c(OCC(=O)O)cccc1n2Cc1ccccc1Cl. The van der Waals surface area contributed by atoms with E-state index < -0.39 is 18.5 Å². The largest absolute Gasteiger partial charge is 0.481 e. The molecule has 0 fully saturated rings. The number of carboxylic acids is 1. The Labute approximate surface area is 166 Å². The van der Waals surface area contributed by atoms with Gasteiger partial charge in [0, 0.05) is 22.6 Å². The molecule has 4 rings (SSSR count). The molecule has 0 saturated carbocycles. The molecule has 1 aliphatic carbocycles. The van der Waals surface area contributed by atoms with Crippen LogP contribution in [0.25, 0.3) is 10.9 Å². The fourth-order valence-electron chi connectivity index (χ4n) is 4.04. The van der Waals surface area contributed by atoms with Crippen LogP contribution in [-0.4, -0.2) is 28.2 Å². The number of hydrogen-bond acceptors (Lipinski definition) is 3. The van der Waals surface area contributed by atoms with Gasteiger partial charge in [0.2, 0.25) is 5.91 Å². The van der Waals surface area contributed by atoms with E-state index in [0.29, 0.717) is 30.2 Å². The van der Waals surface area contributed by atoms with Crippen LogP contribution < -0.4 is 10.5 Å². The van der Waals surface area contributed by atoms with E-state index in [1.54, 1.807) is 6.07 Å². The first-order chi connectivity index (χ1) is 13.5. The van der Waals surface area contributed by atoms with Crippen LogP contribution in [0, 0.1) is 0 Å². The molecule has 1 heterocycles. The number of carbonyl (C=O) groups is 2. The molecule has 0 saturated heterocycles. The molecule has 3 N–H and O–H groups in total. The van der Waals surface area contributed by atoms with Crippen LogP contribution >= 0.6 is 11.6 Å². The number of nitrogens with two attached hydrogens (primary N) is 1. The number of aliphatic carboxylic acids is 1. The smallest absolute Gasteiger partial charge is 0.341 e. The zero-order chi connectivity index (χ0) is 19.8. The molecule has 144 valence electrons. The molecular weight excluding hydrogens is 380 g/mol. The monoisotopic (exact) mass is 398 g/mol. The Hall–Kier alpha value is -2.99. The Morgan fingerprint density at radius 3 is 2.71 bits per heavy atom. The van der Waals surface area contributed by atoms with Gasteiger partial charge in [-0.25, -0.2) is 4.79 Å². The van der Waals surface area contributed by atoms with Crippen molar-refractivity contribution in [2.75, 3.05) is 6.61 Å². The molecule has 1 atom stereocenters. The average molecular weight is 399 g/mol. The quantitative estimate of drug-likeness (QED) is 0.665. The molecule has 0 spiro atoms. The van der Waals surface area contributed by atoms with Crippen molar-refractivity contribution in [3.05, 3.63) is 64.3 Å². The lowest BCUT2D eigenvalue weighted by Gasteiger charge is -2.12. The maximum Gasteiger partial charge on any atom is 0.341 e.